The summed E-state index contributed by atoms with van der Waals surface area (Å²) in [6.45, 7) is 11.9. The lowest BCUT2D eigenvalue weighted by molar-refractivity contribution is 0.140. The molecule has 0 aromatic carbocycles. The van der Waals surface area contributed by atoms with Crippen LogP contribution in [0.1, 0.15) is 39.8 Å². The first-order chi connectivity index (χ1) is 8.03. The molecule has 1 N–H and O–H groups in total. The van der Waals surface area contributed by atoms with E-state index in [1.807, 2.05) is 13.1 Å². The molecule has 1 heterocycles. The molecule has 0 saturated carbocycles. The Morgan fingerprint density at radius 2 is 2.18 bits per heavy atom. The van der Waals surface area contributed by atoms with Gasteiger partial charge in [-0.25, -0.2) is 0 Å². The third-order valence-electron chi connectivity index (χ3n) is 2.47. The largest absolute Gasteiger partial charge is 0.382 e. The maximum absolute atomic E-state index is 5.33. The molecule has 1 aromatic rings. The summed E-state index contributed by atoms with van der Waals surface area (Å²) in [5, 5.41) is 7.81. The van der Waals surface area contributed by atoms with Gasteiger partial charge in [0.15, 0.2) is 0 Å². The van der Waals surface area contributed by atoms with E-state index in [-0.39, 0.29) is 5.54 Å². The Labute approximate surface area is 104 Å². The third-order valence-corrected chi connectivity index (χ3v) is 2.47. The zero-order valence-electron chi connectivity index (χ0n) is 11.5. The van der Waals surface area contributed by atoms with E-state index in [1.165, 1.54) is 5.69 Å². The summed E-state index contributed by atoms with van der Waals surface area (Å²) >= 11 is 0. The number of aromatic nitrogens is 2. The van der Waals surface area contributed by atoms with E-state index in [4.69, 9.17) is 4.74 Å². The topological polar surface area (TPSA) is 39.1 Å². The Morgan fingerprint density at radius 1 is 1.41 bits per heavy atom. The number of nitrogens with one attached hydrogen (secondary N) is 1. The van der Waals surface area contributed by atoms with Crippen LogP contribution in [0.5, 0.6) is 0 Å². The monoisotopic (exact) mass is 239 g/mol. The van der Waals surface area contributed by atoms with E-state index in [1.54, 1.807) is 0 Å². The van der Waals surface area contributed by atoms with Gasteiger partial charge in [0, 0.05) is 38.0 Å². The smallest absolute Gasteiger partial charge is 0.0522 e. The molecular formula is C13H25N3O. The van der Waals surface area contributed by atoms with E-state index < -0.39 is 0 Å². The van der Waals surface area contributed by atoms with Crippen molar-refractivity contribution in [3.63, 3.8) is 0 Å². The highest BCUT2D eigenvalue weighted by Gasteiger charge is 2.10. The highest BCUT2D eigenvalue weighted by Crippen LogP contribution is 2.05. The van der Waals surface area contributed by atoms with Crippen LogP contribution in [0, 0.1) is 0 Å². The lowest BCUT2D eigenvalue weighted by Gasteiger charge is -2.20. The molecule has 98 valence electrons. The van der Waals surface area contributed by atoms with E-state index in [0.717, 1.165) is 32.7 Å². The molecule has 1 rings (SSSR count). The Bertz CT molecular complexity index is 315. The van der Waals surface area contributed by atoms with Gasteiger partial charge in [0.2, 0.25) is 0 Å². The SMILES string of the molecule is CCOCCCn1nccc1CNC(C)(C)C. The van der Waals surface area contributed by atoms with Crippen LogP contribution in [0.25, 0.3) is 0 Å². The van der Waals surface area contributed by atoms with E-state index in [2.05, 4.69) is 41.9 Å². The molecule has 0 spiro atoms. The lowest BCUT2D eigenvalue weighted by Crippen LogP contribution is -2.35. The Kier molecular flexibility index (Phi) is 5.65. The van der Waals surface area contributed by atoms with Crippen molar-refractivity contribution in [3.05, 3.63) is 18.0 Å². The van der Waals surface area contributed by atoms with Gasteiger partial charge in [0.1, 0.15) is 0 Å². The van der Waals surface area contributed by atoms with Gasteiger partial charge in [-0.3, -0.25) is 4.68 Å². The number of hydrogen-bond donors (Lipinski definition) is 1. The summed E-state index contributed by atoms with van der Waals surface area (Å²) in [5.74, 6) is 0. The second-order valence-electron chi connectivity index (χ2n) is 5.20. The minimum Gasteiger partial charge on any atom is -0.382 e. The first-order valence-corrected chi connectivity index (χ1v) is 6.36. The lowest BCUT2D eigenvalue weighted by atomic mass is 10.1. The number of hydrogen-bond acceptors (Lipinski definition) is 3. The van der Waals surface area contributed by atoms with Gasteiger partial charge in [-0.05, 0) is 40.2 Å². The predicted octanol–water partition coefficient (Wildman–Crippen LogP) is 2.20. The van der Waals surface area contributed by atoms with Gasteiger partial charge in [0.25, 0.3) is 0 Å². The van der Waals surface area contributed by atoms with Crippen LogP contribution in [0.2, 0.25) is 0 Å². The van der Waals surface area contributed by atoms with Gasteiger partial charge in [-0.15, -0.1) is 0 Å². The zero-order chi connectivity index (χ0) is 12.7. The summed E-state index contributed by atoms with van der Waals surface area (Å²) in [6, 6.07) is 2.07. The van der Waals surface area contributed by atoms with Crippen molar-refractivity contribution in [2.75, 3.05) is 13.2 Å². The molecule has 0 fully saturated rings. The van der Waals surface area contributed by atoms with E-state index in [9.17, 15) is 0 Å². The van der Waals surface area contributed by atoms with Crippen molar-refractivity contribution in [1.29, 1.82) is 0 Å². The van der Waals surface area contributed by atoms with Crippen LogP contribution < -0.4 is 5.32 Å². The van der Waals surface area contributed by atoms with E-state index in [0.29, 0.717) is 0 Å². The molecule has 0 aliphatic rings. The fourth-order valence-electron chi connectivity index (χ4n) is 1.53. The van der Waals surface area contributed by atoms with Crippen LogP contribution >= 0.6 is 0 Å². The standard InChI is InChI=1S/C13H25N3O/c1-5-17-10-6-9-16-12(7-8-15-16)11-14-13(2,3)4/h7-8,14H,5-6,9-11H2,1-4H3. The summed E-state index contributed by atoms with van der Waals surface area (Å²) in [6.07, 6.45) is 2.87. The fraction of sp³-hybridized carbons (Fsp3) is 0.769. The van der Waals surface area contributed by atoms with Crippen molar-refractivity contribution in [2.24, 2.45) is 0 Å². The van der Waals surface area contributed by atoms with Crippen LogP contribution in [0.15, 0.2) is 12.3 Å². The average Bonchev–Trinajstić information content (AvgIpc) is 2.68. The minimum atomic E-state index is 0.139. The van der Waals surface area contributed by atoms with Crippen LogP contribution in [-0.4, -0.2) is 28.5 Å². The quantitative estimate of drug-likeness (QED) is 0.741. The van der Waals surface area contributed by atoms with Crippen molar-refractivity contribution in [2.45, 2.75) is 52.7 Å². The third kappa shape index (κ3) is 5.84. The van der Waals surface area contributed by atoms with Crippen LogP contribution in [0.4, 0.5) is 0 Å². The predicted molar refractivity (Wildman–Crippen MR) is 69.9 cm³/mol. The molecule has 0 atom stereocenters. The molecular weight excluding hydrogens is 214 g/mol. The minimum absolute atomic E-state index is 0.139. The normalized spacial score (nSPS) is 12.0. The molecule has 0 unspecified atom stereocenters. The van der Waals surface area contributed by atoms with Gasteiger partial charge in [0.05, 0.1) is 5.69 Å². The number of rotatable bonds is 7. The summed E-state index contributed by atoms with van der Waals surface area (Å²) in [7, 11) is 0. The second kappa shape index (κ2) is 6.77. The zero-order valence-corrected chi connectivity index (χ0v) is 11.5. The average molecular weight is 239 g/mol. The van der Waals surface area contributed by atoms with Crippen molar-refractivity contribution >= 4 is 0 Å². The Hall–Kier alpha value is -0.870. The maximum Gasteiger partial charge on any atom is 0.0522 e. The van der Waals surface area contributed by atoms with Crippen molar-refractivity contribution in [3.8, 4) is 0 Å². The second-order valence-corrected chi connectivity index (χ2v) is 5.20. The highest BCUT2D eigenvalue weighted by atomic mass is 16.5. The molecule has 0 aliphatic carbocycles. The highest BCUT2D eigenvalue weighted by molar-refractivity contribution is 5.00. The molecule has 0 aliphatic heterocycles. The molecule has 0 saturated heterocycles. The molecule has 4 heteroatoms. The fourth-order valence-corrected chi connectivity index (χ4v) is 1.53. The van der Waals surface area contributed by atoms with Crippen LogP contribution in [0.3, 0.4) is 0 Å². The van der Waals surface area contributed by atoms with Crippen molar-refractivity contribution < 1.29 is 4.74 Å². The molecule has 0 amide bonds. The maximum atomic E-state index is 5.33. The van der Waals surface area contributed by atoms with E-state index >= 15 is 0 Å². The Morgan fingerprint density at radius 3 is 2.82 bits per heavy atom. The molecule has 0 radical (unpaired) electrons. The summed E-state index contributed by atoms with van der Waals surface area (Å²) < 4.78 is 7.38. The van der Waals surface area contributed by atoms with Crippen LogP contribution in [-0.2, 0) is 17.8 Å². The van der Waals surface area contributed by atoms with Gasteiger partial charge in [-0.2, -0.15) is 5.10 Å². The Balaban J connectivity index is 2.37. The number of ether oxygens (including phenoxy) is 1. The molecule has 4 nitrogen and oxygen atoms in total. The molecule has 0 bridgehead atoms. The molecule has 1 aromatic heterocycles. The summed E-state index contributed by atoms with van der Waals surface area (Å²) in [5.41, 5.74) is 1.37. The van der Waals surface area contributed by atoms with Gasteiger partial charge in [-0.1, -0.05) is 0 Å². The van der Waals surface area contributed by atoms with Gasteiger partial charge >= 0.3 is 0 Å². The molecule has 17 heavy (non-hydrogen) atoms. The summed E-state index contributed by atoms with van der Waals surface area (Å²) in [4.78, 5) is 0. The number of aryl methyl sites for hydroxylation is 1. The number of nitrogens with zero attached hydrogens (tertiary/aromatic N) is 2. The van der Waals surface area contributed by atoms with Crippen molar-refractivity contribution in [1.82, 2.24) is 15.1 Å². The van der Waals surface area contributed by atoms with Gasteiger partial charge < -0.3 is 10.1 Å². The first kappa shape index (κ1) is 14.2. The first-order valence-electron chi connectivity index (χ1n) is 6.36.